The molecule has 1 aromatic heterocycles. The topological polar surface area (TPSA) is 83.1 Å². The standard InChI is InChI=1S/C26H29ClF2N4O4S2/c27-19-2-4-21(5-3-19)39(35,36)32-10-6-18(7-11-32)25(34)33(9-1-8-31-12-14-37-15-13-31)26-30-24-22(29)16-20(28)17-23(24)38-26/h2-5,16-18H,1,6-15H2. The number of piperidine rings is 1. The second-order valence-electron chi connectivity index (χ2n) is 9.66. The highest BCUT2D eigenvalue weighted by Gasteiger charge is 2.35. The van der Waals surface area contributed by atoms with Crippen molar-refractivity contribution in [3.63, 3.8) is 0 Å². The van der Waals surface area contributed by atoms with E-state index in [1.807, 2.05) is 0 Å². The predicted molar refractivity (Wildman–Crippen MR) is 147 cm³/mol. The molecule has 2 aliphatic heterocycles. The first-order chi connectivity index (χ1) is 18.7. The van der Waals surface area contributed by atoms with Crippen LogP contribution in [0.3, 0.4) is 0 Å². The molecule has 0 atom stereocenters. The summed E-state index contributed by atoms with van der Waals surface area (Å²) in [6.45, 7) is 4.50. The molecule has 2 aromatic carbocycles. The van der Waals surface area contributed by atoms with E-state index in [2.05, 4.69) is 9.88 Å². The number of thiazole rings is 1. The molecule has 0 radical (unpaired) electrons. The van der Waals surface area contributed by atoms with Gasteiger partial charge in [-0.1, -0.05) is 22.9 Å². The highest BCUT2D eigenvalue weighted by molar-refractivity contribution is 7.89. The van der Waals surface area contributed by atoms with Crippen LogP contribution in [-0.2, 0) is 19.6 Å². The number of amides is 1. The minimum atomic E-state index is -3.71. The van der Waals surface area contributed by atoms with E-state index in [0.29, 0.717) is 53.9 Å². The Labute approximate surface area is 235 Å². The van der Waals surface area contributed by atoms with Crippen molar-refractivity contribution in [3.8, 4) is 0 Å². The van der Waals surface area contributed by atoms with E-state index < -0.39 is 27.6 Å². The van der Waals surface area contributed by atoms with Crippen LogP contribution in [0, 0.1) is 17.6 Å². The lowest BCUT2D eigenvalue weighted by Crippen LogP contribution is -2.45. The number of fused-ring (bicyclic) bond motifs is 1. The number of hydrogen-bond acceptors (Lipinski definition) is 7. The van der Waals surface area contributed by atoms with Gasteiger partial charge in [-0.3, -0.25) is 14.6 Å². The molecule has 2 aliphatic rings. The molecule has 0 spiro atoms. The Morgan fingerprint density at radius 1 is 1.10 bits per heavy atom. The van der Waals surface area contributed by atoms with Gasteiger partial charge in [0.05, 0.1) is 22.8 Å². The lowest BCUT2D eigenvalue weighted by atomic mass is 9.96. The number of benzene rings is 2. The van der Waals surface area contributed by atoms with Crippen molar-refractivity contribution in [2.45, 2.75) is 24.2 Å². The van der Waals surface area contributed by atoms with Crippen LogP contribution in [0.25, 0.3) is 10.2 Å². The van der Waals surface area contributed by atoms with E-state index in [1.165, 1.54) is 34.6 Å². The number of nitrogens with zero attached hydrogens (tertiary/aromatic N) is 4. The molecule has 3 heterocycles. The third-order valence-electron chi connectivity index (χ3n) is 7.11. The van der Waals surface area contributed by atoms with Gasteiger partial charge in [-0.15, -0.1) is 0 Å². The maximum Gasteiger partial charge on any atom is 0.243 e. The van der Waals surface area contributed by atoms with Crippen molar-refractivity contribution in [3.05, 3.63) is 53.1 Å². The van der Waals surface area contributed by atoms with Crippen LogP contribution >= 0.6 is 22.9 Å². The average Bonchev–Trinajstić information content (AvgIpc) is 3.36. The predicted octanol–water partition coefficient (Wildman–Crippen LogP) is 4.38. The first kappa shape index (κ1) is 28.3. The zero-order valence-electron chi connectivity index (χ0n) is 21.2. The van der Waals surface area contributed by atoms with E-state index >= 15 is 0 Å². The summed E-state index contributed by atoms with van der Waals surface area (Å²) in [7, 11) is -3.71. The van der Waals surface area contributed by atoms with Crippen molar-refractivity contribution >= 4 is 54.2 Å². The van der Waals surface area contributed by atoms with Crippen molar-refractivity contribution < 1.29 is 26.7 Å². The van der Waals surface area contributed by atoms with Gasteiger partial charge in [0.1, 0.15) is 11.3 Å². The fourth-order valence-corrected chi connectivity index (χ4v) is 7.59. The number of morpholine rings is 1. The van der Waals surface area contributed by atoms with Gasteiger partial charge in [0.15, 0.2) is 10.9 Å². The summed E-state index contributed by atoms with van der Waals surface area (Å²) >= 11 is 6.98. The van der Waals surface area contributed by atoms with E-state index in [1.54, 1.807) is 4.90 Å². The molecule has 210 valence electrons. The Balaban J connectivity index is 1.31. The number of hydrogen-bond donors (Lipinski definition) is 0. The normalized spacial score (nSPS) is 18.0. The summed E-state index contributed by atoms with van der Waals surface area (Å²) in [6.07, 6.45) is 1.36. The molecule has 3 aromatic rings. The summed E-state index contributed by atoms with van der Waals surface area (Å²) in [5.74, 6) is -2.07. The largest absolute Gasteiger partial charge is 0.379 e. The number of anilines is 1. The molecule has 0 unspecified atom stereocenters. The minimum absolute atomic E-state index is 0.0336. The Morgan fingerprint density at radius 2 is 1.79 bits per heavy atom. The number of halogens is 3. The molecule has 1 amide bonds. The molecule has 13 heteroatoms. The fraction of sp³-hybridized carbons (Fsp3) is 0.462. The van der Waals surface area contributed by atoms with Gasteiger partial charge >= 0.3 is 0 Å². The zero-order valence-corrected chi connectivity index (χ0v) is 23.6. The molecule has 0 aliphatic carbocycles. The molecule has 8 nitrogen and oxygen atoms in total. The third-order valence-corrected chi connectivity index (χ3v) is 10.3. The molecule has 2 saturated heterocycles. The zero-order chi connectivity index (χ0) is 27.6. The Kier molecular flexibility index (Phi) is 8.79. The molecule has 5 rings (SSSR count). The molecule has 0 bridgehead atoms. The minimum Gasteiger partial charge on any atom is -0.379 e. The van der Waals surface area contributed by atoms with Crippen LogP contribution in [0.15, 0.2) is 41.3 Å². The van der Waals surface area contributed by atoms with Crippen LogP contribution in [0.2, 0.25) is 5.02 Å². The maximum atomic E-state index is 14.4. The second-order valence-corrected chi connectivity index (χ2v) is 13.0. The molecule has 39 heavy (non-hydrogen) atoms. The first-order valence-corrected chi connectivity index (χ1v) is 15.5. The average molecular weight is 599 g/mol. The maximum absolute atomic E-state index is 14.4. The molecule has 0 saturated carbocycles. The van der Waals surface area contributed by atoms with Crippen LogP contribution in [0.5, 0.6) is 0 Å². The summed E-state index contributed by atoms with van der Waals surface area (Å²) in [5, 5.41) is 0.766. The van der Waals surface area contributed by atoms with Gasteiger partial charge in [0.2, 0.25) is 15.9 Å². The number of carbonyl (C=O) groups is 1. The second kappa shape index (κ2) is 12.1. The van der Waals surface area contributed by atoms with Gasteiger partial charge in [0.25, 0.3) is 0 Å². The van der Waals surface area contributed by atoms with Crippen molar-refractivity contribution in [1.29, 1.82) is 0 Å². The van der Waals surface area contributed by atoms with Gasteiger partial charge in [0, 0.05) is 56.3 Å². The Bertz CT molecular complexity index is 1420. The number of aromatic nitrogens is 1. The van der Waals surface area contributed by atoms with Gasteiger partial charge in [-0.25, -0.2) is 22.2 Å². The van der Waals surface area contributed by atoms with Crippen LogP contribution in [0.4, 0.5) is 13.9 Å². The quantitative estimate of drug-likeness (QED) is 0.383. The van der Waals surface area contributed by atoms with E-state index in [4.69, 9.17) is 16.3 Å². The monoisotopic (exact) mass is 598 g/mol. The lowest BCUT2D eigenvalue weighted by Gasteiger charge is -2.33. The molecular formula is C26H29ClF2N4O4S2. The highest BCUT2D eigenvalue weighted by Crippen LogP contribution is 2.34. The highest BCUT2D eigenvalue weighted by atomic mass is 35.5. The van der Waals surface area contributed by atoms with Gasteiger partial charge in [-0.2, -0.15) is 4.31 Å². The molecule has 0 N–H and O–H groups in total. The van der Waals surface area contributed by atoms with Crippen molar-refractivity contribution in [1.82, 2.24) is 14.2 Å². The summed E-state index contributed by atoms with van der Waals surface area (Å²) in [6, 6.07) is 8.02. The third kappa shape index (κ3) is 6.41. The SMILES string of the molecule is O=C(C1CCN(S(=O)(=O)c2ccc(Cl)cc2)CC1)N(CCCN1CCOCC1)c1nc2c(F)cc(F)cc2s1. The van der Waals surface area contributed by atoms with E-state index in [0.717, 1.165) is 37.0 Å². The van der Waals surface area contributed by atoms with Crippen LogP contribution in [-0.4, -0.2) is 81.0 Å². The fourth-order valence-electron chi connectivity index (χ4n) is 4.96. The molecular weight excluding hydrogens is 570 g/mol. The van der Waals surface area contributed by atoms with E-state index in [-0.39, 0.29) is 29.4 Å². The summed E-state index contributed by atoms with van der Waals surface area (Å²) in [5.41, 5.74) is 0.0336. The summed E-state index contributed by atoms with van der Waals surface area (Å²) in [4.78, 5) is 22.1. The number of sulfonamides is 1. The number of rotatable bonds is 8. The van der Waals surface area contributed by atoms with Crippen molar-refractivity contribution in [2.24, 2.45) is 5.92 Å². The Morgan fingerprint density at radius 3 is 2.49 bits per heavy atom. The van der Waals surface area contributed by atoms with Gasteiger partial charge in [-0.05, 0) is 49.6 Å². The smallest absolute Gasteiger partial charge is 0.243 e. The Hall–Kier alpha value is -2.22. The van der Waals surface area contributed by atoms with E-state index in [9.17, 15) is 22.0 Å². The van der Waals surface area contributed by atoms with Crippen molar-refractivity contribution in [2.75, 3.05) is 57.4 Å². The van der Waals surface area contributed by atoms with Gasteiger partial charge < -0.3 is 4.74 Å². The summed E-state index contributed by atoms with van der Waals surface area (Å²) < 4.78 is 61.5. The van der Waals surface area contributed by atoms with Crippen LogP contribution < -0.4 is 4.90 Å². The number of ether oxygens (including phenoxy) is 1. The molecule has 2 fully saturated rings. The van der Waals surface area contributed by atoms with Crippen LogP contribution in [0.1, 0.15) is 19.3 Å². The number of carbonyl (C=O) groups excluding carboxylic acids is 1. The first-order valence-electron chi connectivity index (χ1n) is 12.8. The lowest BCUT2D eigenvalue weighted by molar-refractivity contribution is -0.123.